The number of rotatable bonds is 5. The quantitative estimate of drug-likeness (QED) is 0.845. The van der Waals surface area contributed by atoms with E-state index in [1.54, 1.807) is 35.7 Å². The molecule has 7 heteroatoms. The van der Waals surface area contributed by atoms with E-state index in [1.165, 1.54) is 25.4 Å². The molecule has 5 nitrogen and oxygen atoms in total. The first-order chi connectivity index (χ1) is 10.5. The van der Waals surface area contributed by atoms with E-state index in [0.29, 0.717) is 21.3 Å². The number of ether oxygens (including phenoxy) is 2. The summed E-state index contributed by atoms with van der Waals surface area (Å²) in [5.41, 5.74) is 0.495. The molecule has 1 N–H and O–H groups in total. The number of thiophene rings is 1. The predicted octanol–water partition coefficient (Wildman–Crippen LogP) is 3.59. The Morgan fingerprint density at radius 3 is 2.68 bits per heavy atom. The van der Waals surface area contributed by atoms with E-state index < -0.39 is 18.0 Å². The summed E-state index contributed by atoms with van der Waals surface area (Å²) in [5.74, 6) is -0.451. The Kier molecular flexibility index (Phi) is 5.41. The number of carbonyl (C=O) groups excluding carboxylic acids is 2. The number of esters is 1. The van der Waals surface area contributed by atoms with Crippen molar-refractivity contribution < 1.29 is 19.1 Å². The molecule has 1 heterocycles. The standard InChI is InChI=1S/C15H14ClNO4S/c1-9(21-15(19)13-4-3-7-22-13)14(18)17-10-5-6-12(20-2)11(16)8-10/h3-9H,1-2H3,(H,17,18)/t9-/m0/s1. The summed E-state index contributed by atoms with van der Waals surface area (Å²) in [6, 6.07) is 8.23. The largest absolute Gasteiger partial charge is 0.495 e. The van der Waals surface area contributed by atoms with Gasteiger partial charge in [0.2, 0.25) is 0 Å². The number of hydrogen-bond acceptors (Lipinski definition) is 5. The van der Waals surface area contributed by atoms with Gasteiger partial charge >= 0.3 is 5.97 Å². The molecule has 0 aliphatic rings. The van der Waals surface area contributed by atoms with Gasteiger partial charge in [0.1, 0.15) is 10.6 Å². The van der Waals surface area contributed by atoms with Crippen LogP contribution in [0, 0.1) is 0 Å². The fraction of sp³-hybridized carbons (Fsp3) is 0.200. The number of benzene rings is 1. The van der Waals surface area contributed by atoms with E-state index >= 15 is 0 Å². The molecule has 0 saturated carbocycles. The van der Waals surface area contributed by atoms with Gasteiger partial charge in [0.05, 0.1) is 12.1 Å². The van der Waals surface area contributed by atoms with Crippen LogP contribution < -0.4 is 10.1 Å². The lowest BCUT2D eigenvalue weighted by Gasteiger charge is -2.13. The fourth-order valence-electron chi connectivity index (χ4n) is 1.65. The first kappa shape index (κ1) is 16.3. The first-order valence-electron chi connectivity index (χ1n) is 6.40. The molecule has 1 amide bonds. The van der Waals surface area contributed by atoms with Crippen molar-refractivity contribution in [3.8, 4) is 5.75 Å². The van der Waals surface area contributed by atoms with Gasteiger partial charge in [0.15, 0.2) is 6.10 Å². The lowest BCUT2D eigenvalue weighted by Crippen LogP contribution is -2.29. The van der Waals surface area contributed by atoms with Gasteiger partial charge < -0.3 is 14.8 Å². The molecule has 0 aliphatic heterocycles. The van der Waals surface area contributed by atoms with E-state index in [-0.39, 0.29) is 0 Å². The highest BCUT2D eigenvalue weighted by atomic mass is 35.5. The van der Waals surface area contributed by atoms with Crippen molar-refractivity contribution in [2.75, 3.05) is 12.4 Å². The highest BCUT2D eigenvalue weighted by Crippen LogP contribution is 2.27. The number of halogens is 1. The van der Waals surface area contributed by atoms with Crippen LogP contribution in [-0.2, 0) is 9.53 Å². The van der Waals surface area contributed by atoms with Crippen molar-refractivity contribution in [1.82, 2.24) is 0 Å². The molecule has 2 rings (SSSR count). The second-order valence-electron chi connectivity index (χ2n) is 4.36. The molecule has 0 radical (unpaired) electrons. The van der Waals surface area contributed by atoms with Gasteiger partial charge in [-0.2, -0.15) is 0 Å². The number of methoxy groups -OCH3 is 1. The molecular weight excluding hydrogens is 326 g/mol. The second kappa shape index (κ2) is 7.29. The number of anilines is 1. The molecule has 0 bridgehead atoms. The third-order valence-corrected chi connectivity index (χ3v) is 3.94. The van der Waals surface area contributed by atoms with Gasteiger partial charge in [-0.1, -0.05) is 17.7 Å². The van der Waals surface area contributed by atoms with Crippen molar-refractivity contribution in [3.05, 3.63) is 45.6 Å². The van der Waals surface area contributed by atoms with Crippen LogP contribution in [0.2, 0.25) is 5.02 Å². The minimum Gasteiger partial charge on any atom is -0.495 e. The third-order valence-electron chi connectivity index (χ3n) is 2.79. The van der Waals surface area contributed by atoms with Crippen molar-refractivity contribution in [3.63, 3.8) is 0 Å². The molecule has 0 saturated heterocycles. The van der Waals surface area contributed by atoms with E-state index in [9.17, 15) is 9.59 Å². The predicted molar refractivity (Wildman–Crippen MR) is 85.8 cm³/mol. The Morgan fingerprint density at radius 2 is 2.09 bits per heavy atom. The summed E-state index contributed by atoms with van der Waals surface area (Å²) < 4.78 is 10.1. The monoisotopic (exact) mass is 339 g/mol. The molecule has 1 aromatic carbocycles. The summed E-state index contributed by atoms with van der Waals surface area (Å²) in [7, 11) is 1.51. The zero-order valence-electron chi connectivity index (χ0n) is 12.0. The average molecular weight is 340 g/mol. The summed E-state index contributed by atoms with van der Waals surface area (Å²) in [4.78, 5) is 24.3. The summed E-state index contributed by atoms with van der Waals surface area (Å²) in [6.45, 7) is 1.51. The van der Waals surface area contributed by atoms with Crippen LogP contribution in [0.25, 0.3) is 0 Å². The molecule has 0 spiro atoms. The van der Waals surface area contributed by atoms with Crippen molar-refractivity contribution >= 4 is 40.5 Å². The number of carbonyl (C=O) groups is 2. The molecule has 22 heavy (non-hydrogen) atoms. The molecule has 0 aliphatic carbocycles. The molecule has 0 fully saturated rings. The average Bonchev–Trinajstić information content (AvgIpc) is 3.01. The van der Waals surface area contributed by atoms with Crippen LogP contribution in [0.3, 0.4) is 0 Å². The first-order valence-corrected chi connectivity index (χ1v) is 7.66. The van der Waals surface area contributed by atoms with E-state index in [2.05, 4.69) is 5.32 Å². The highest BCUT2D eigenvalue weighted by molar-refractivity contribution is 7.11. The highest BCUT2D eigenvalue weighted by Gasteiger charge is 2.19. The Morgan fingerprint density at radius 1 is 1.32 bits per heavy atom. The van der Waals surface area contributed by atoms with Gasteiger partial charge in [-0.25, -0.2) is 4.79 Å². The maximum atomic E-state index is 12.0. The Bertz CT molecular complexity index is 672. The molecule has 1 aromatic heterocycles. The van der Waals surface area contributed by atoms with Gasteiger partial charge in [-0.3, -0.25) is 4.79 Å². The summed E-state index contributed by atoms with van der Waals surface area (Å²) in [5, 5.41) is 4.77. The van der Waals surface area contributed by atoms with Gasteiger partial charge in [-0.15, -0.1) is 11.3 Å². The maximum absolute atomic E-state index is 12.0. The van der Waals surface area contributed by atoms with E-state index in [0.717, 1.165) is 0 Å². The number of amides is 1. The molecule has 2 aromatic rings. The van der Waals surface area contributed by atoms with E-state index in [4.69, 9.17) is 21.1 Å². The minimum atomic E-state index is -0.921. The zero-order chi connectivity index (χ0) is 16.1. The maximum Gasteiger partial charge on any atom is 0.349 e. The third kappa shape index (κ3) is 3.99. The van der Waals surface area contributed by atoms with Crippen molar-refractivity contribution in [1.29, 1.82) is 0 Å². The Balaban J connectivity index is 1.96. The van der Waals surface area contributed by atoms with Gasteiger partial charge in [0.25, 0.3) is 5.91 Å². The zero-order valence-corrected chi connectivity index (χ0v) is 13.5. The van der Waals surface area contributed by atoms with Gasteiger partial charge in [-0.05, 0) is 36.6 Å². The lowest BCUT2D eigenvalue weighted by atomic mass is 10.2. The molecule has 116 valence electrons. The van der Waals surface area contributed by atoms with Crippen molar-refractivity contribution in [2.45, 2.75) is 13.0 Å². The Labute approximate surface area is 136 Å². The Hall–Kier alpha value is -2.05. The fourth-order valence-corrected chi connectivity index (χ4v) is 2.52. The topological polar surface area (TPSA) is 64.6 Å². The van der Waals surface area contributed by atoms with Crippen LogP contribution in [0.15, 0.2) is 35.7 Å². The SMILES string of the molecule is COc1ccc(NC(=O)[C@H](C)OC(=O)c2cccs2)cc1Cl. The molecule has 1 atom stereocenters. The molecule has 0 unspecified atom stereocenters. The van der Waals surface area contributed by atoms with Crippen LogP contribution in [0.5, 0.6) is 5.75 Å². The van der Waals surface area contributed by atoms with Crippen LogP contribution in [0.4, 0.5) is 5.69 Å². The van der Waals surface area contributed by atoms with Crippen LogP contribution in [-0.4, -0.2) is 25.1 Å². The van der Waals surface area contributed by atoms with Crippen LogP contribution in [0.1, 0.15) is 16.6 Å². The lowest BCUT2D eigenvalue weighted by molar-refractivity contribution is -0.123. The smallest absolute Gasteiger partial charge is 0.349 e. The van der Waals surface area contributed by atoms with Crippen LogP contribution >= 0.6 is 22.9 Å². The summed E-state index contributed by atoms with van der Waals surface area (Å²) >= 11 is 7.24. The second-order valence-corrected chi connectivity index (χ2v) is 5.72. The number of nitrogens with one attached hydrogen (secondary N) is 1. The van der Waals surface area contributed by atoms with Crippen molar-refractivity contribution in [2.24, 2.45) is 0 Å². The van der Waals surface area contributed by atoms with E-state index in [1.807, 2.05) is 0 Å². The molecular formula is C15H14ClNO4S. The number of hydrogen-bond donors (Lipinski definition) is 1. The normalized spacial score (nSPS) is 11.6. The van der Waals surface area contributed by atoms with Gasteiger partial charge in [0, 0.05) is 5.69 Å². The summed E-state index contributed by atoms with van der Waals surface area (Å²) in [6.07, 6.45) is -0.921. The minimum absolute atomic E-state index is 0.378.